The highest BCUT2D eigenvalue weighted by Gasteiger charge is 2.14. The number of aryl methyl sites for hydroxylation is 3. The summed E-state index contributed by atoms with van der Waals surface area (Å²) < 4.78 is 0. The van der Waals surface area contributed by atoms with Crippen molar-refractivity contribution in [3.05, 3.63) is 65.2 Å². The van der Waals surface area contributed by atoms with Gasteiger partial charge in [0.1, 0.15) is 17.2 Å². The lowest BCUT2D eigenvalue weighted by atomic mass is 9.93. The van der Waals surface area contributed by atoms with Gasteiger partial charge in [-0.15, -0.1) is 0 Å². The first-order valence-electron chi connectivity index (χ1n) is 7.80. The number of hydrogen-bond donors (Lipinski definition) is 3. The van der Waals surface area contributed by atoms with Crippen LogP contribution in [0, 0.1) is 20.8 Å². The highest BCUT2D eigenvalue weighted by Crippen LogP contribution is 2.40. The van der Waals surface area contributed by atoms with E-state index in [9.17, 15) is 15.3 Å². The molecule has 0 amide bonds. The Morgan fingerprint density at radius 2 is 1.00 bits per heavy atom. The monoisotopic (exact) mass is 320 g/mol. The number of rotatable bonds is 2. The fourth-order valence-corrected chi connectivity index (χ4v) is 2.86. The summed E-state index contributed by atoms with van der Waals surface area (Å²) in [5, 5.41) is 30.3. The molecular weight excluding hydrogens is 300 g/mol. The molecule has 0 aliphatic rings. The predicted octanol–water partition coefficient (Wildman–Crippen LogP) is 5.06. The van der Waals surface area contributed by atoms with Crippen LogP contribution in [0.4, 0.5) is 0 Å². The molecule has 0 saturated carbocycles. The molecule has 0 fully saturated rings. The zero-order valence-corrected chi connectivity index (χ0v) is 14.0. The second kappa shape index (κ2) is 5.93. The van der Waals surface area contributed by atoms with Gasteiger partial charge in [-0.2, -0.15) is 0 Å². The largest absolute Gasteiger partial charge is 0.508 e. The van der Waals surface area contributed by atoms with Crippen molar-refractivity contribution in [3.8, 4) is 39.5 Å². The van der Waals surface area contributed by atoms with Crippen LogP contribution < -0.4 is 0 Å². The molecule has 3 aromatic rings. The maximum Gasteiger partial charge on any atom is 0.131 e. The van der Waals surface area contributed by atoms with Crippen LogP contribution >= 0.6 is 0 Å². The first kappa shape index (κ1) is 15.9. The van der Waals surface area contributed by atoms with Crippen molar-refractivity contribution in [3.63, 3.8) is 0 Å². The van der Waals surface area contributed by atoms with Gasteiger partial charge in [-0.3, -0.25) is 0 Å². The van der Waals surface area contributed by atoms with Crippen molar-refractivity contribution >= 4 is 0 Å². The molecule has 24 heavy (non-hydrogen) atoms. The van der Waals surface area contributed by atoms with E-state index in [0.717, 1.165) is 38.9 Å². The summed E-state index contributed by atoms with van der Waals surface area (Å²) in [5.41, 5.74) is 5.68. The Morgan fingerprint density at radius 1 is 0.583 bits per heavy atom. The van der Waals surface area contributed by atoms with Gasteiger partial charge in [-0.1, -0.05) is 12.1 Å². The summed E-state index contributed by atoms with van der Waals surface area (Å²) in [5.74, 6) is 0.663. The average Bonchev–Trinajstić information content (AvgIpc) is 2.54. The Labute approximate surface area is 141 Å². The van der Waals surface area contributed by atoms with E-state index in [4.69, 9.17) is 0 Å². The standard InChI is InChI=1S/C21H20O3/c1-12-8-17(15-4-6-19(22)13(2)10-15)21(24)18(9-12)16-5-7-20(23)14(3)11-16/h4-11,22-24H,1-3H3. The Kier molecular flexibility index (Phi) is 3.94. The van der Waals surface area contributed by atoms with E-state index < -0.39 is 0 Å². The van der Waals surface area contributed by atoms with Crippen LogP contribution in [0.3, 0.4) is 0 Å². The van der Waals surface area contributed by atoms with Gasteiger partial charge in [0.15, 0.2) is 0 Å². The molecule has 3 rings (SSSR count). The number of benzene rings is 3. The normalized spacial score (nSPS) is 10.8. The molecule has 0 aromatic heterocycles. The van der Waals surface area contributed by atoms with Gasteiger partial charge in [0.05, 0.1) is 0 Å². The first-order chi connectivity index (χ1) is 11.4. The van der Waals surface area contributed by atoms with Gasteiger partial charge in [-0.05, 0) is 85.0 Å². The third kappa shape index (κ3) is 2.81. The maximum atomic E-state index is 10.8. The molecule has 3 heteroatoms. The number of phenolic OH excluding ortho intramolecular Hbond substituents is 3. The molecule has 0 spiro atoms. The van der Waals surface area contributed by atoms with Crippen LogP contribution in [0.2, 0.25) is 0 Å². The van der Waals surface area contributed by atoms with E-state index >= 15 is 0 Å². The van der Waals surface area contributed by atoms with Crippen LogP contribution in [0.15, 0.2) is 48.5 Å². The van der Waals surface area contributed by atoms with E-state index in [-0.39, 0.29) is 17.2 Å². The number of aromatic hydroxyl groups is 3. The lowest BCUT2D eigenvalue weighted by Gasteiger charge is -2.14. The van der Waals surface area contributed by atoms with E-state index in [2.05, 4.69) is 0 Å². The fourth-order valence-electron chi connectivity index (χ4n) is 2.86. The van der Waals surface area contributed by atoms with Crippen molar-refractivity contribution in [1.82, 2.24) is 0 Å². The molecule has 0 atom stereocenters. The zero-order valence-electron chi connectivity index (χ0n) is 14.0. The van der Waals surface area contributed by atoms with Crippen molar-refractivity contribution in [2.24, 2.45) is 0 Å². The van der Waals surface area contributed by atoms with Crippen molar-refractivity contribution in [2.75, 3.05) is 0 Å². The van der Waals surface area contributed by atoms with Gasteiger partial charge in [0.25, 0.3) is 0 Å². The Balaban J connectivity index is 2.21. The highest BCUT2D eigenvalue weighted by atomic mass is 16.3. The van der Waals surface area contributed by atoms with Crippen molar-refractivity contribution < 1.29 is 15.3 Å². The number of phenols is 3. The molecule has 0 aliphatic heterocycles. The fraction of sp³-hybridized carbons (Fsp3) is 0.143. The molecule has 0 radical (unpaired) electrons. The van der Waals surface area contributed by atoms with Crippen LogP contribution in [-0.4, -0.2) is 15.3 Å². The van der Waals surface area contributed by atoms with Gasteiger partial charge in [0, 0.05) is 11.1 Å². The average molecular weight is 320 g/mol. The predicted molar refractivity (Wildman–Crippen MR) is 96.5 cm³/mol. The molecule has 122 valence electrons. The summed E-state index contributed by atoms with van der Waals surface area (Å²) in [6.45, 7) is 5.64. The molecule has 0 bridgehead atoms. The second-order valence-corrected chi connectivity index (χ2v) is 6.21. The van der Waals surface area contributed by atoms with Crippen LogP contribution in [0.5, 0.6) is 17.2 Å². The Hall–Kier alpha value is -2.94. The second-order valence-electron chi connectivity index (χ2n) is 6.21. The zero-order chi connectivity index (χ0) is 17.4. The summed E-state index contributed by atoms with van der Waals surface area (Å²) >= 11 is 0. The van der Waals surface area contributed by atoms with E-state index in [1.54, 1.807) is 24.3 Å². The van der Waals surface area contributed by atoms with Gasteiger partial charge in [-0.25, -0.2) is 0 Å². The molecule has 0 saturated heterocycles. The van der Waals surface area contributed by atoms with Crippen LogP contribution in [-0.2, 0) is 0 Å². The third-order valence-corrected chi connectivity index (χ3v) is 4.27. The minimum atomic E-state index is 0.191. The SMILES string of the molecule is Cc1cc(-c2ccc(O)c(C)c2)c(O)c(-c2ccc(O)c(C)c2)c1. The molecule has 3 N–H and O–H groups in total. The summed E-state index contributed by atoms with van der Waals surface area (Å²) in [6.07, 6.45) is 0. The van der Waals surface area contributed by atoms with Crippen molar-refractivity contribution in [1.29, 1.82) is 0 Å². The molecule has 0 unspecified atom stereocenters. The minimum absolute atomic E-state index is 0.191. The minimum Gasteiger partial charge on any atom is -0.508 e. The van der Waals surface area contributed by atoms with Crippen molar-refractivity contribution in [2.45, 2.75) is 20.8 Å². The lowest BCUT2D eigenvalue weighted by molar-refractivity contribution is 0.470. The third-order valence-electron chi connectivity index (χ3n) is 4.27. The molecule has 0 heterocycles. The lowest BCUT2D eigenvalue weighted by Crippen LogP contribution is -1.88. The molecule has 3 nitrogen and oxygen atoms in total. The van der Waals surface area contributed by atoms with Crippen LogP contribution in [0.25, 0.3) is 22.3 Å². The van der Waals surface area contributed by atoms with E-state index in [1.165, 1.54) is 0 Å². The smallest absolute Gasteiger partial charge is 0.131 e. The number of hydrogen-bond acceptors (Lipinski definition) is 3. The van der Waals surface area contributed by atoms with E-state index in [0.29, 0.717) is 0 Å². The van der Waals surface area contributed by atoms with Gasteiger partial charge >= 0.3 is 0 Å². The van der Waals surface area contributed by atoms with Gasteiger partial charge < -0.3 is 15.3 Å². The summed E-state index contributed by atoms with van der Waals surface area (Å²) in [7, 11) is 0. The summed E-state index contributed by atoms with van der Waals surface area (Å²) in [4.78, 5) is 0. The highest BCUT2D eigenvalue weighted by molar-refractivity contribution is 5.83. The molecule has 0 aliphatic carbocycles. The van der Waals surface area contributed by atoms with Gasteiger partial charge in [0.2, 0.25) is 0 Å². The molecule has 3 aromatic carbocycles. The first-order valence-corrected chi connectivity index (χ1v) is 7.80. The maximum absolute atomic E-state index is 10.8. The van der Waals surface area contributed by atoms with E-state index in [1.807, 2.05) is 45.0 Å². The molecular formula is C21H20O3. The topological polar surface area (TPSA) is 60.7 Å². The quantitative estimate of drug-likeness (QED) is 0.618. The summed E-state index contributed by atoms with van der Waals surface area (Å²) in [6, 6.07) is 14.4. The Morgan fingerprint density at radius 3 is 1.38 bits per heavy atom. The Bertz CT molecular complexity index is 854. The van der Waals surface area contributed by atoms with Crippen LogP contribution in [0.1, 0.15) is 16.7 Å².